The first-order valence-electron chi connectivity index (χ1n) is 9.38. The van der Waals surface area contributed by atoms with Crippen molar-refractivity contribution in [2.24, 2.45) is 5.92 Å². The number of carbonyl (C=O) groups is 1. The molecule has 1 aliphatic heterocycles. The van der Waals surface area contributed by atoms with Crippen molar-refractivity contribution in [1.82, 2.24) is 24.5 Å². The van der Waals surface area contributed by atoms with Crippen molar-refractivity contribution in [3.05, 3.63) is 35.8 Å². The summed E-state index contributed by atoms with van der Waals surface area (Å²) in [6, 6.07) is 3.47. The van der Waals surface area contributed by atoms with Crippen molar-refractivity contribution >= 4 is 27.2 Å². The van der Waals surface area contributed by atoms with E-state index in [1.54, 1.807) is 11.1 Å². The van der Waals surface area contributed by atoms with E-state index in [-0.39, 0.29) is 28.2 Å². The van der Waals surface area contributed by atoms with Gasteiger partial charge < -0.3 is 10.6 Å². The van der Waals surface area contributed by atoms with Gasteiger partial charge in [0.25, 0.3) is 5.91 Å². The Hall–Kier alpha value is -3.01. The molecule has 0 saturated heterocycles. The molecule has 1 unspecified atom stereocenters. The van der Waals surface area contributed by atoms with Gasteiger partial charge in [-0.25, -0.2) is 22.9 Å². The average molecular weight is 412 g/mol. The van der Waals surface area contributed by atoms with Crippen LogP contribution < -0.4 is 5.73 Å². The first-order chi connectivity index (χ1) is 13.8. The number of aromatic nitrogens is 4. The predicted molar refractivity (Wildman–Crippen MR) is 106 cm³/mol. The summed E-state index contributed by atoms with van der Waals surface area (Å²) in [5.41, 5.74) is 8.44. The first kappa shape index (κ1) is 18.0. The van der Waals surface area contributed by atoms with Gasteiger partial charge in [-0.2, -0.15) is 5.10 Å². The standard InChI is InChI=1S/C19H20N6O3S/c1-10(11-3-4-11)24-8-13-5-12(6-15(29(2,27)28)16(13)19(24)26)14-7-21-18-17(20)22-9-23-25(14)18/h5-7,9-11H,3-4,8H2,1-2H3,(H2,20,22,23). The molecule has 0 bridgehead atoms. The Morgan fingerprint density at radius 2 is 2.00 bits per heavy atom. The maximum absolute atomic E-state index is 13.1. The summed E-state index contributed by atoms with van der Waals surface area (Å²) >= 11 is 0. The van der Waals surface area contributed by atoms with Crippen LogP contribution in [0.3, 0.4) is 0 Å². The number of anilines is 1. The highest BCUT2D eigenvalue weighted by Crippen LogP contribution is 2.40. The number of hydrogen-bond acceptors (Lipinski definition) is 7. The van der Waals surface area contributed by atoms with Crippen LogP contribution in [0.1, 0.15) is 35.7 Å². The van der Waals surface area contributed by atoms with Crippen LogP contribution in [0.4, 0.5) is 5.82 Å². The molecule has 1 aliphatic carbocycles. The summed E-state index contributed by atoms with van der Waals surface area (Å²) in [5, 5.41) is 4.19. The molecular weight excluding hydrogens is 392 g/mol. The Kier molecular flexibility index (Phi) is 3.73. The molecule has 1 saturated carbocycles. The van der Waals surface area contributed by atoms with Gasteiger partial charge in [-0.05, 0) is 43.4 Å². The van der Waals surface area contributed by atoms with Crippen LogP contribution in [-0.2, 0) is 16.4 Å². The lowest BCUT2D eigenvalue weighted by Crippen LogP contribution is -2.35. The smallest absolute Gasteiger partial charge is 0.256 e. The molecule has 1 amide bonds. The highest BCUT2D eigenvalue weighted by molar-refractivity contribution is 7.90. The van der Waals surface area contributed by atoms with Gasteiger partial charge in [-0.15, -0.1) is 0 Å². The number of amides is 1. The van der Waals surface area contributed by atoms with E-state index in [0.717, 1.165) is 19.1 Å². The van der Waals surface area contributed by atoms with Crippen molar-refractivity contribution in [3.63, 3.8) is 0 Å². The van der Waals surface area contributed by atoms with E-state index in [4.69, 9.17) is 5.73 Å². The van der Waals surface area contributed by atoms with Crippen molar-refractivity contribution in [1.29, 1.82) is 0 Å². The van der Waals surface area contributed by atoms with Crippen LogP contribution in [0.2, 0.25) is 0 Å². The number of nitrogen functional groups attached to an aromatic ring is 1. The fraction of sp³-hybridized carbons (Fsp3) is 0.368. The van der Waals surface area contributed by atoms with Crippen molar-refractivity contribution in [2.75, 3.05) is 12.0 Å². The van der Waals surface area contributed by atoms with Gasteiger partial charge in [-0.1, -0.05) is 0 Å². The minimum atomic E-state index is -3.62. The molecule has 0 radical (unpaired) electrons. The van der Waals surface area contributed by atoms with E-state index in [0.29, 0.717) is 34.9 Å². The van der Waals surface area contributed by atoms with Crippen LogP contribution in [0.25, 0.3) is 16.9 Å². The number of fused-ring (bicyclic) bond motifs is 2. The van der Waals surface area contributed by atoms with Gasteiger partial charge in [0.05, 0.1) is 22.3 Å². The monoisotopic (exact) mass is 412 g/mol. The SMILES string of the molecule is CC(C1CC1)N1Cc2cc(-c3cnc4c(N)ncnn34)cc(S(C)(=O)=O)c2C1=O. The van der Waals surface area contributed by atoms with Crippen LogP contribution >= 0.6 is 0 Å². The lowest BCUT2D eigenvalue weighted by molar-refractivity contribution is 0.0694. The molecule has 1 atom stereocenters. The number of sulfone groups is 1. The van der Waals surface area contributed by atoms with Gasteiger partial charge >= 0.3 is 0 Å². The third kappa shape index (κ3) is 2.78. The number of benzene rings is 1. The Labute approximate surface area is 167 Å². The zero-order valence-electron chi connectivity index (χ0n) is 16.0. The Morgan fingerprint density at radius 3 is 2.69 bits per heavy atom. The van der Waals surface area contributed by atoms with Gasteiger partial charge in [0.1, 0.15) is 6.33 Å². The largest absolute Gasteiger partial charge is 0.381 e. The fourth-order valence-electron chi connectivity index (χ4n) is 4.07. The molecule has 0 spiro atoms. The molecule has 10 heteroatoms. The number of nitrogens with two attached hydrogens (primary N) is 1. The van der Waals surface area contributed by atoms with Gasteiger partial charge in [0, 0.05) is 24.4 Å². The van der Waals surface area contributed by atoms with E-state index >= 15 is 0 Å². The molecule has 29 heavy (non-hydrogen) atoms. The molecule has 9 nitrogen and oxygen atoms in total. The van der Waals surface area contributed by atoms with Gasteiger partial charge in [0.2, 0.25) is 0 Å². The number of nitrogens with zero attached hydrogens (tertiary/aromatic N) is 5. The third-order valence-electron chi connectivity index (χ3n) is 5.82. The molecule has 1 aromatic carbocycles. The minimum absolute atomic E-state index is 0.0393. The molecule has 1 fully saturated rings. The molecule has 150 valence electrons. The van der Waals surface area contributed by atoms with Crippen molar-refractivity contribution in [2.45, 2.75) is 37.2 Å². The van der Waals surface area contributed by atoms with Gasteiger partial charge in [0.15, 0.2) is 21.3 Å². The zero-order valence-corrected chi connectivity index (χ0v) is 16.8. The summed E-state index contributed by atoms with van der Waals surface area (Å²) in [4.78, 5) is 23.1. The minimum Gasteiger partial charge on any atom is -0.381 e. The molecule has 3 aromatic rings. The average Bonchev–Trinajstić information content (AvgIpc) is 3.34. The lowest BCUT2D eigenvalue weighted by atomic mass is 10.0. The number of carbonyl (C=O) groups excluding carboxylic acids is 1. The van der Waals surface area contributed by atoms with Crippen molar-refractivity contribution in [3.8, 4) is 11.3 Å². The van der Waals surface area contributed by atoms with Crippen LogP contribution in [-0.4, -0.2) is 51.1 Å². The molecule has 5 rings (SSSR count). The zero-order chi connectivity index (χ0) is 20.5. The molecule has 3 heterocycles. The van der Waals surface area contributed by atoms with E-state index in [1.807, 2.05) is 13.0 Å². The van der Waals surface area contributed by atoms with Crippen LogP contribution in [0.15, 0.2) is 29.6 Å². The lowest BCUT2D eigenvalue weighted by Gasteiger charge is -2.24. The second-order valence-electron chi connectivity index (χ2n) is 7.82. The number of hydrogen-bond donors (Lipinski definition) is 1. The third-order valence-corrected chi connectivity index (χ3v) is 6.94. The number of rotatable bonds is 4. The summed E-state index contributed by atoms with van der Waals surface area (Å²) in [5.74, 6) is 0.513. The van der Waals surface area contributed by atoms with E-state index < -0.39 is 9.84 Å². The fourth-order valence-corrected chi connectivity index (χ4v) is 5.00. The second kappa shape index (κ2) is 5.99. The van der Waals surface area contributed by atoms with Crippen LogP contribution in [0.5, 0.6) is 0 Å². The molecule has 2 N–H and O–H groups in total. The Morgan fingerprint density at radius 1 is 1.24 bits per heavy atom. The summed E-state index contributed by atoms with van der Waals surface area (Å²) in [6.07, 6.45) is 6.24. The topological polar surface area (TPSA) is 124 Å². The van der Waals surface area contributed by atoms with Crippen LogP contribution in [0, 0.1) is 5.92 Å². The molecule has 2 aliphatic rings. The second-order valence-corrected chi connectivity index (χ2v) is 9.80. The first-order valence-corrected chi connectivity index (χ1v) is 11.3. The molecule has 2 aromatic heterocycles. The normalized spacial score (nSPS) is 17.7. The summed E-state index contributed by atoms with van der Waals surface area (Å²) < 4.78 is 26.6. The maximum atomic E-state index is 13.1. The Balaban J connectivity index is 1.69. The predicted octanol–water partition coefficient (Wildman–Crippen LogP) is 1.53. The quantitative estimate of drug-likeness (QED) is 0.689. The highest BCUT2D eigenvalue weighted by Gasteiger charge is 2.41. The summed E-state index contributed by atoms with van der Waals surface area (Å²) in [6.45, 7) is 2.43. The highest BCUT2D eigenvalue weighted by atomic mass is 32.2. The van der Waals surface area contributed by atoms with Crippen molar-refractivity contribution < 1.29 is 13.2 Å². The number of imidazole rings is 1. The van der Waals surface area contributed by atoms with Gasteiger partial charge in [-0.3, -0.25) is 4.79 Å². The Bertz CT molecular complexity index is 1280. The van der Waals surface area contributed by atoms with E-state index in [2.05, 4.69) is 15.1 Å². The summed E-state index contributed by atoms with van der Waals surface area (Å²) in [7, 11) is -3.62. The van der Waals surface area contributed by atoms with E-state index in [1.165, 1.54) is 16.9 Å². The maximum Gasteiger partial charge on any atom is 0.256 e. The van der Waals surface area contributed by atoms with E-state index in [9.17, 15) is 13.2 Å². The molecular formula is C19H20N6O3S.